The summed E-state index contributed by atoms with van der Waals surface area (Å²) in [5.41, 5.74) is 0.704. The van der Waals surface area contributed by atoms with E-state index in [0.717, 1.165) is 18.4 Å². The number of benzene rings is 1. The Morgan fingerprint density at radius 3 is 2.63 bits per heavy atom. The average Bonchev–Trinajstić information content (AvgIpc) is 3.08. The van der Waals surface area contributed by atoms with Gasteiger partial charge in [-0.3, -0.25) is 0 Å². The Balaban J connectivity index is 1.85. The first-order valence-electron chi connectivity index (χ1n) is 6.09. The molecule has 0 atom stereocenters. The van der Waals surface area contributed by atoms with Crippen molar-refractivity contribution in [3.63, 3.8) is 0 Å². The molecule has 0 saturated heterocycles. The quantitative estimate of drug-likeness (QED) is 0.838. The lowest BCUT2D eigenvalue weighted by Crippen LogP contribution is -2.26. The molecule has 0 spiro atoms. The van der Waals surface area contributed by atoms with E-state index in [1.807, 2.05) is 0 Å². The maximum atomic E-state index is 12.1. The highest BCUT2D eigenvalue weighted by Crippen LogP contribution is 2.44. The van der Waals surface area contributed by atoms with Gasteiger partial charge in [-0.05, 0) is 30.5 Å². The van der Waals surface area contributed by atoms with Crippen LogP contribution in [0.1, 0.15) is 18.4 Å². The van der Waals surface area contributed by atoms with Crippen LogP contribution in [-0.4, -0.2) is 24.6 Å². The SMILES string of the molecule is OCC1(CNCc2cccc(OC(F)(F)F)c2)CC1. The monoisotopic (exact) mass is 275 g/mol. The van der Waals surface area contributed by atoms with Gasteiger partial charge >= 0.3 is 6.36 Å². The first-order valence-corrected chi connectivity index (χ1v) is 6.09. The van der Waals surface area contributed by atoms with Gasteiger partial charge in [-0.25, -0.2) is 0 Å². The number of aliphatic hydroxyl groups is 1. The minimum Gasteiger partial charge on any atom is -0.406 e. The van der Waals surface area contributed by atoms with Crippen molar-refractivity contribution >= 4 is 0 Å². The topological polar surface area (TPSA) is 41.5 Å². The number of nitrogens with one attached hydrogen (secondary N) is 1. The zero-order chi connectivity index (χ0) is 13.9. The zero-order valence-corrected chi connectivity index (χ0v) is 10.3. The van der Waals surface area contributed by atoms with Gasteiger partial charge in [0, 0.05) is 25.1 Å². The number of hydrogen-bond donors (Lipinski definition) is 2. The Kier molecular flexibility index (Phi) is 4.01. The van der Waals surface area contributed by atoms with E-state index in [9.17, 15) is 13.2 Å². The molecular weight excluding hydrogens is 259 g/mol. The predicted octanol–water partition coefficient (Wildman–Crippen LogP) is 2.45. The van der Waals surface area contributed by atoms with Crippen LogP contribution in [0.3, 0.4) is 0 Å². The summed E-state index contributed by atoms with van der Waals surface area (Å²) in [5, 5.41) is 12.3. The van der Waals surface area contributed by atoms with Crippen molar-refractivity contribution in [1.82, 2.24) is 5.32 Å². The van der Waals surface area contributed by atoms with E-state index >= 15 is 0 Å². The van der Waals surface area contributed by atoms with Crippen molar-refractivity contribution in [2.24, 2.45) is 5.41 Å². The lowest BCUT2D eigenvalue weighted by atomic mass is 10.1. The van der Waals surface area contributed by atoms with Crippen LogP contribution in [0.15, 0.2) is 24.3 Å². The van der Waals surface area contributed by atoms with Crippen LogP contribution < -0.4 is 10.1 Å². The molecule has 0 radical (unpaired) electrons. The molecular formula is C13H16F3NO2. The average molecular weight is 275 g/mol. The molecule has 2 N–H and O–H groups in total. The highest BCUT2D eigenvalue weighted by atomic mass is 19.4. The van der Waals surface area contributed by atoms with Crippen molar-refractivity contribution in [3.8, 4) is 5.75 Å². The standard InChI is InChI=1S/C13H16F3NO2/c14-13(15,16)19-11-3-1-2-10(6-11)7-17-8-12(9-18)4-5-12/h1-3,6,17-18H,4-5,7-9H2. The Morgan fingerprint density at radius 1 is 1.32 bits per heavy atom. The van der Waals surface area contributed by atoms with Crippen LogP contribution >= 0.6 is 0 Å². The van der Waals surface area contributed by atoms with Gasteiger partial charge in [0.2, 0.25) is 0 Å². The van der Waals surface area contributed by atoms with E-state index in [1.54, 1.807) is 6.07 Å². The second-order valence-electron chi connectivity index (χ2n) is 4.96. The second kappa shape index (κ2) is 5.38. The number of hydrogen-bond acceptors (Lipinski definition) is 3. The summed E-state index contributed by atoms with van der Waals surface area (Å²) in [5.74, 6) is -0.213. The lowest BCUT2D eigenvalue weighted by molar-refractivity contribution is -0.274. The molecule has 2 rings (SSSR count). The first-order chi connectivity index (χ1) is 8.92. The zero-order valence-electron chi connectivity index (χ0n) is 10.3. The summed E-state index contributed by atoms with van der Waals surface area (Å²) in [6.45, 7) is 1.28. The maximum absolute atomic E-state index is 12.1. The second-order valence-corrected chi connectivity index (χ2v) is 4.96. The summed E-state index contributed by atoms with van der Waals surface area (Å²) in [7, 11) is 0. The van der Waals surface area contributed by atoms with Crippen molar-refractivity contribution in [2.45, 2.75) is 25.7 Å². The number of ether oxygens (including phenoxy) is 1. The summed E-state index contributed by atoms with van der Waals surface area (Å²) in [6, 6.07) is 5.89. The molecule has 6 heteroatoms. The normalized spacial score (nSPS) is 17.3. The van der Waals surface area contributed by atoms with Crippen LogP contribution in [-0.2, 0) is 6.54 Å². The Labute approximate surface area is 109 Å². The predicted molar refractivity (Wildman–Crippen MR) is 63.6 cm³/mol. The van der Waals surface area contributed by atoms with Gasteiger partial charge in [-0.2, -0.15) is 0 Å². The summed E-state index contributed by atoms with van der Waals surface area (Å²) < 4.78 is 40.1. The minimum atomic E-state index is -4.67. The van der Waals surface area contributed by atoms with Crippen molar-refractivity contribution in [3.05, 3.63) is 29.8 Å². The largest absolute Gasteiger partial charge is 0.573 e. The highest BCUT2D eigenvalue weighted by Gasteiger charge is 2.41. The minimum absolute atomic E-state index is 0.0138. The molecule has 0 amide bonds. The Bertz CT molecular complexity index is 430. The lowest BCUT2D eigenvalue weighted by Gasteiger charge is -2.13. The molecule has 0 aliphatic heterocycles. The van der Waals surface area contributed by atoms with Crippen LogP contribution in [0.4, 0.5) is 13.2 Å². The molecule has 0 bridgehead atoms. The maximum Gasteiger partial charge on any atom is 0.573 e. The molecule has 19 heavy (non-hydrogen) atoms. The van der Waals surface area contributed by atoms with E-state index in [1.165, 1.54) is 18.2 Å². The van der Waals surface area contributed by atoms with Crippen molar-refractivity contribution in [1.29, 1.82) is 0 Å². The van der Waals surface area contributed by atoms with E-state index in [-0.39, 0.29) is 17.8 Å². The molecule has 1 fully saturated rings. The highest BCUT2D eigenvalue weighted by molar-refractivity contribution is 5.28. The fraction of sp³-hybridized carbons (Fsp3) is 0.538. The van der Waals surface area contributed by atoms with Gasteiger partial charge in [0.05, 0.1) is 0 Å². The molecule has 3 nitrogen and oxygen atoms in total. The van der Waals surface area contributed by atoms with E-state index in [4.69, 9.17) is 5.11 Å². The molecule has 1 aliphatic carbocycles. The fourth-order valence-corrected chi connectivity index (χ4v) is 1.89. The van der Waals surface area contributed by atoms with Crippen molar-refractivity contribution in [2.75, 3.05) is 13.2 Å². The summed E-state index contributed by atoms with van der Waals surface area (Å²) >= 11 is 0. The number of rotatable bonds is 6. The van der Waals surface area contributed by atoms with E-state index < -0.39 is 6.36 Å². The number of aliphatic hydroxyl groups excluding tert-OH is 1. The van der Waals surface area contributed by atoms with Gasteiger partial charge in [0.15, 0.2) is 0 Å². The molecule has 0 heterocycles. The van der Waals surface area contributed by atoms with E-state index in [0.29, 0.717) is 13.1 Å². The third-order valence-electron chi connectivity index (χ3n) is 3.25. The first kappa shape index (κ1) is 14.1. The van der Waals surface area contributed by atoms with Gasteiger partial charge in [-0.1, -0.05) is 12.1 Å². The third-order valence-corrected chi connectivity index (χ3v) is 3.25. The van der Waals surface area contributed by atoms with Crippen molar-refractivity contribution < 1.29 is 23.0 Å². The molecule has 1 aromatic carbocycles. The number of alkyl halides is 3. The fourth-order valence-electron chi connectivity index (χ4n) is 1.89. The van der Waals surface area contributed by atoms with Gasteiger partial charge in [-0.15, -0.1) is 13.2 Å². The van der Waals surface area contributed by atoms with Crippen LogP contribution in [0.5, 0.6) is 5.75 Å². The van der Waals surface area contributed by atoms with Gasteiger partial charge in [0.1, 0.15) is 5.75 Å². The van der Waals surface area contributed by atoms with Crippen LogP contribution in [0.2, 0.25) is 0 Å². The van der Waals surface area contributed by atoms with Gasteiger partial charge < -0.3 is 15.2 Å². The Hall–Kier alpha value is -1.27. The smallest absolute Gasteiger partial charge is 0.406 e. The molecule has 1 saturated carbocycles. The summed E-state index contributed by atoms with van der Waals surface area (Å²) in [4.78, 5) is 0. The van der Waals surface area contributed by atoms with Crippen LogP contribution in [0, 0.1) is 5.41 Å². The molecule has 106 valence electrons. The van der Waals surface area contributed by atoms with Gasteiger partial charge in [0.25, 0.3) is 0 Å². The molecule has 0 aromatic heterocycles. The summed E-state index contributed by atoms with van der Waals surface area (Å²) in [6.07, 6.45) is -2.68. The Morgan fingerprint density at radius 2 is 2.05 bits per heavy atom. The molecule has 1 aliphatic rings. The number of halogens is 3. The van der Waals surface area contributed by atoms with E-state index in [2.05, 4.69) is 10.1 Å². The molecule has 1 aromatic rings. The third kappa shape index (κ3) is 4.40. The molecule has 0 unspecified atom stereocenters. The van der Waals surface area contributed by atoms with Crippen LogP contribution in [0.25, 0.3) is 0 Å².